The first-order chi connectivity index (χ1) is 6.61. The summed E-state index contributed by atoms with van der Waals surface area (Å²) in [7, 11) is 0. The van der Waals surface area contributed by atoms with Crippen LogP contribution in [0.1, 0.15) is 23.2 Å². The van der Waals surface area contributed by atoms with Crippen LogP contribution in [-0.2, 0) is 12.5 Å². The summed E-state index contributed by atoms with van der Waals surface area (Å²) in [6, 6.07) is 0. The third-order valence-corrected chi connectivity index (χ3v) is 3.24. The minimum Gasteiger partial charge on any atom is -0.392 e. The van der Waals surface area contributed by atoms with Crippen molar-refractivity contribution >= 4 is 34.2 Å². The van der Waals surface area contributed by atoms with Gasteiger partial charge in [0.2, 0.25) is 0 Å². The average molecular weight is 334 g/mol. The number of nitrogens with zero attached hydrogens (tertiary/aromatic N) is 1. The van der Waals surface area contributed by atoms with Gasteiger partial charge in [-0.2, -0.15) is 0 Å². The molecule has 0 aliphatic carbocycles. The molecule has 0 saturated carbocycles. The SMILES string of the molecule is OCc1c(CCl)cnc(C(F)F)c1I. The first-order valence-corrected chi connectivity index (χ1v) is 5.34. The molecule has 0 aliphatic heterocycles. The maximum absolute atomic E-state index is 12.4. The van der Waals surface area contributed by atoms with E-state index in [0.717, 1.165) is 0 Å². The van der Waals surface area contributed by atoms with Crippen molar-refractivity contribution in [2.45, 2.75) is 18.9 Å². The summed E-state index contributed by atoms with van der Waals surface area (Å²) in [6.45, 7) is -0.303. The molecule has 1 N–H and O–H groups in total. The third-order valence-electron chi connectivity index (χ3n) is 1.75. The molecule has 1 rings (SSSR count). The van der Waals surface area contributed by atoms with Crippen molar-refractivity contribution < 1.29 is 13.9 Å². The van der Waals surface area contributed by atoms with Gasteiger partial charge in [0.25, 0.3) is 6.43 Å². The molecule has 0 saturated heterocycles. The zero-order valence-corrected chi connectivity index (χ0v) is 9.89. The van der Waals surface area contributed by atoms with E-state index in [0.29, 0.717) is 14.7 Å². The van der Waals surface area contributed by atoms with Crippen LogP contribution in [0.25, 0.3) is 0 Å². The third kappa shape index (κ3) is 2.32. The standard InChI is InChI=1S/C8H7ClF2INO/c9-1-4-2-13-7(8(10)11)6(12)5(4)3-14/h2,8,14H,1,3H2. The number of rotatable bonds is 3. The largest absolute Gasteiger partial charge is 0.392 e. The molecular weight excluding hydrogens is 326 g/mol. The monoisotopic (exact) mass is 333 g/mol. The summed E-state index contributed by atoms with van der Waals surface area (Å²) in [6.07, 6.45) is -1.35. The Morgan fingerprint density at radius 2 is 2.21 bits per heavy atom. The van der Waals surface area contributed by atoms with E-state index < -0.39 is 6.43 Å². The maximum atomic E-state index is 12.4. The van der Waals surface area contributed by atoms with Crippen molar-refractivity contribution in [1.29, 1.82) is 0 Å². The summed E-state index contributed by atoms with van der Waals surface area (Å²) in [5.74, 6) is 0.155. The van der Waals surface area contributed by atoms with Gasteiger partial charge in [-0.3, -0.25) is 4.98 Å². The van der Waals surface area contributed by atoms with Crippen molar-refractivity contribution in [3.63, 3.8) is 0 Å². The van der Waals surface area contributed by atoms with Crippen molar-refractivity contribution in [2.75, 3.05) is 0 Å². The Morgan fingerprint density at radius 1 is 1.57 bits per heavy atom. The van der Waals surface area contributed by atoms with Crippen molar-refractivity contribution in [3.05, 3.63) is 26.6 Å². The Balaban J connectivity index is 3.27. The van der Waals surface area contributed by atoms with E-state index in [4.69, 9.17) is 16.7 Å². The fourth-order valence-corrected chi connectivity index (χ4v) is 2.14. The number of halogens is 4. The van der Waals surface area contributed by atoms with Gasteiger partial charge in [-0.15, -0.1) is 11.6 Å². The highest BCUT2D eigenvalue weighted by Gasteiger charge is 2.18. The topological polar surface area (TPSA) is 33.1 Å². The van der Waals surface area contributed by atoms with E-state index in [-0.39, 0.29) is 18.2 Å². The average Bonchev–Trinajstić information content (AvgIpc) is 2.16. The van der Waals surface area contributed by atoms with Crippen molar-refractivity contribution in [1.82, 2.24) is 4.98 Å². The second-order valence-electron chi connectivity index (χ2n) is 2.55. The highest BCUT2D eigenvalue weighted by molar-refractivity contribution is 14.1. The fraction of sp³-hybridized carbons (Fsp3) is 0.375. The van der Waals surface area contributed by atoms with E-state index in [1.807, 2.05) is 0 Å². The first kappa shape index (κ1) is 12.1. The molecule has 6 heteroatoms. The number of aliphatic hydroxyl groups is 1. The van der Waals surface area contributed by atoms with Gasteiger partial charge >= 0.3 is 0 Å². The molecule has 0 aromatic carbocycles. The van der Waals surface area contributed by atoms with Gasteiger partial charge < -0.3 is 5.11 Å². The Kier molecular flexibility index (Phi) is 4.46. The Hall–Kier alpha value is -0.0100. The Morgan fingerprint density at radius 3 is 2.64 bits per heavy atom. The second-order valence-corrected chi connectivity index (χ2v) is 3.90. The quantitative estimate of drug-likeness (QED) is 0.681. The second kappa shape index (κ2) is 5.18. The lowest BCUT2D eigenvalue weighted by molar-refractivity contribution is 0.144. The maximum Gasteiger partial charge on any atom is 0.281 e. The number of aromatic nitrogens is 1. The van der Waals surface area contributed by atoms with E-state index >= 15 is 0 Å². The minimum absolute atomic E-state index is 0.155. The molecule has 1 aromatic rings. The smallest absolute Gasteiger partial charge is 0.281 e. The number of aliphatic hydroxyl groups excluding tert-OH is 1. The van der Waals surface area contributed by atoms with Crippen LogP contribution in [0.3, 0.4) is 0 Å². The molecule has 0 unspecified atom stereocenters. The molecule has 1 heterocycles. The van der Waals surface area contributed by atoms with E-state index in [2.05, 4.69) is 4.98 Å². The Labute approximate surface area is 98.4 Å². The molecule has 0 spiro atoms. The lowest BCUT2D eigenvalue weighted by Gasteiger charge is -2.10. The van der Waals surface area contributed by atoms with Gasteiger partial charge in [0.05, 0.1) is 6.61 Å². The fourth-order valence-electron chi connectivity index (χ4n) is 1.02. The normalized spacial score (nSPS) is 11.0. The zero-order chi connectivity index (χ0) is 10.7. The molecule has 0 radical (unpaired) electrons. The molecule has 2 nitrogen and oxygen atoms in total. The van der Waals surface area contributed by atoms with Crippen LogP contribution in [0.15, 0.2) is 6.20 Å². The van der Waals surface area contributed by atoms with E-state index in [1.165, 1.54) is 6.20 Å². The molecule has 78 valence electrons. The lowest BCUT2D eigenvalue weighted by Crippen LogP contribution is -2.03. The van der Waals surface area contributed by atoms with Crippen LogP contribution in [0.5, 0.6) is 0 Å². The van der Waals surface area contributed by atoms with Gasteiger partial charge in [-0.25, -0.2) is 8.78 Å². The van der Waals surface area contributed by atoms with Crippen LogP contribution in [0.2, 0.25) is 0 Å². The molecule has 0 atom stereocenters. The first-order valence-electron chi connectivity index (χ1n) is 3.73. The summed E-state index contributed by atoms with van der Waals surface area (Å²) < 4.78 is 25.1. The van der Waals surface area contributed by atoms with Gasteiger partial charge in [0, 0.05) is 15.6 Å². The van der Waals surface area contributed by atoms with Crippen LogP contribution >= 0.6 is 34.2 Å². The van der Waals surface area contributed by atoms with E-state index in [1.54, 1.807) is 22.6 Å². The Bertz CT molecular complexity index is 335. The van der Waals surface area contributed by atoms with Crippen molar-refractivity contribution in [2.24, 2.45) is 0 Å². The number of hydrogen-bond donors (Lipinski definition) is 1. The molecule has 14 heavy (non-hydrogen) atoms. The highest BCUT2D eigenvalue weighted by Crippen LogP contribution is 2.27. The van der Waals surface area contributed by atoms with Crippen molar-refractivity contribution in [3.8, 4) is 0 Å². The van der Waals surface area contributed by atoms with Crippen LogP contribution < -0.4 is 0 Å². The van der Waals surface area contributed by atoms with Gasteiger partial charge in [0.1, 0.15) is 5.69 Å². The van der Waals surface area contributed by atoms with Gasteiger partial charge in [-0.05, 0) is 33.7 Å². The molecule has 0 aliphatic rings. The minimum atomic E-state index is -2.63. The van der Waals surface area contributed by atoms with Crippen LogP contribution in [0, 0.1) is 3.57 Å². The number of pyridine rings is 1. The lowest BCUT2D eigenvalue weighted by atomic mass is 10.1. The molecular formula is C8H7ClF2INO. The molecule has 0 amide bonds. The van der Waals surface area contributed by atoms with E-state index in [9.17, 15) is 8.78 Å². The summed E-state index contributed by atoms with van der Waals surface area (Å²) >= 11 is 7.32. The van der Waals surface area contributed by atoms with Crippen LogP contribution in [-0.4, -0.2) is 10.1 Å². The zero-order valence-electron chi connectivity index (χ0n) is 6.98. The van der Waals surface area contributed by atoms with Crippen LogP contribution in [0.4, 0.5) is 8.78 Å². The predicted octanol–water partition coefficient (Wildman–Crippen LogP) is 2.85. The predicted molar refractivity (Wildman–Crippen MR) is 57.4 cm³/mol. The highest BCUT2D eigenvalue weighted by atomic mass is 127. The number of hydrogen-bond acceptors (Lipinski definition) is 2. The van der Waals surface area contributed by atoms with Gasteiger partial charge in [0.15, 0.2) is 0 Å². The summed E-state index contributed by atoms with van der Waals surface area (Å²) in [5, 5.41) is 9.00. The molecule has 1 aromatic heterocycles. The summed E-state index contributed by atoms with van der Waals surface area (Å²) in [4.78, 5) is 3.60. The van der Waals surface area contributed by atoms with Gasteiger partial charge in [-0.1, -0.05) is 0 Å². The summed E-state index contributed by atoms with van der Waals surface area (Å²) in [5.41, 5.74) is 0.720. The number of alkyl halides is 3. The molecule has 0 fully saturated rings. The molecule has 0 bridgehead atoms.